The molecule has 1 rings (SSSR count). The number of nitrogens with one attached hydrogen (secondary N) is 1. The Morgan fingerprint density at radius 2 is 1.86 bits per heavy atom. The summed E-state index contributed by atoms with van der Waals surface area (Å²) in [6.45, 7) is 0. The molecule has 0 radical (unpaired) electrons. The summed E-state index contributed by atoms with van der Waals surface area (Å²) in [4.78, 5) is 0. The van der Waals surface area contributed by atoms with Gasteiger partial charge >= 0.3 is 0 Å². The molecule has 0 heterocycles. The highest BCUT2D eigenvalue weighted by Gasteiger charge is 2.00. The smallest absolute Gasteiger partial charge is 0.229 e. The second-order valence-corrected chi connectivity index (χ2v) is 4.47. The molecule has 0 atom stereocenters. The van der Waals surface area contributed by atoms with E-state index in [0.717, 1.165) is 11.8 Å². The number of hydrogen-bond donors (Lipinski definition) is 2. The molecule has 74 valence electrons. The summed E-state index contributed by atoms with van der Waals surface area (Å²) in [5.41, 5.74) is 6.28. The average Bonchev–Trinajstić information content (AvgIpc) is 2.06. The Morgan fingerprint density at radius 1 is 1.29 bits per heavy atom. The first-order valence-corrected chi connectivity index (χ1v) is 5.70. The first kappa shape index (κ1) is 10.4. The van der Waals surface area contributed by atoms with E-state index in [1.54, 1.807) is 24.3 Å². The zero-order valence-electron chi connectivity index (χ0n) is 7.61. The van der Waals surface area contributed by atoms with Crippen LogP contribution in [0.4, 0.5) is 5.69 Å². The molecule has 0 fully saturated rings. The summed E-state index contributed by atoms with van der Waals surface area (Å²) in [6.07, 6.45) is 1.10. The van der Waals surface area contributed by atoms with Crippen molar-refractivity contribution in [3.8, 4) is 12.0 Å². The third kappa shape index (κ3) is 3.37. The monoisotopic (exact) mass is 210 g/mol. The molecular weight excluding hydrogens is 200 g/mol. The van der Waals surface area contributed by atoms with Crippen LogP contribution in [0.1, 0.15) is 5.56 Å². The lowest BCUT2D eigenvalue weighted by Gasteiger charge is -2.02. The van der Waals surface area contributed by atoms with Crippen LogP contribution in [0.5, 0.6) is 0 Å². The second kappa shape index (κ2) is 4.03. The molecule has 0 aliphatic heterocycles. The van der Waals surface area contributed by atoms with Gasteiger partial charge in [-0.05, 0) is 30.2 Å². The standard InChI is InChI=1S/C9H10N2O2S/c1-14(12,13)11-9-4-2-8(3-5-9)6-7-10/h2-5,11H,10H2,1H3. The summed E-state index contributed by atoms with van der Waals surface area (Å²) < 4.78 is 24.0. The minimum Gasteiger partial charge on any atom is -0.359 e. The van der Waals surface area contributed by atoms with Crippen LogP contribution in [0.3, 0.4) is 0 Å². The maximum atomic E-state index is 10.9. The predicted molar refractivity (Wildman–Crippen MR) is 56.0 cm³/mol. The number of anilines is 1. The molecule has 0 spiro atoms. The normalized spacial score (nSPS) is 10.1. The van der Waals surface area contributed by atoms with E-state index < -0.39 is 10.0 Å². The van der Waals surface area contributed by atoms with Gasteiger partial charge in [0, 0.05) is 17.3 Å². The van der Waals surface area contributed by atoms with Crippen molar-refractivity contribution in [1.82, 2.24) is 0 Å². The number of nitrogens with two attached hydrogens (primary N) is 1. The van der Waals surface area contributed by atoms with E-state index >= 15 is 0 Å². The molecular formula is C9H10N2O2S. The van der Waals surface area contributed by atoms with Crippen molar-refractivity contribution in [2.75, 3.05) is 11.0 Å². The maximum Gasteiger partial charge on any atom is 0.229 e. The van der Waals surface area contributed by atoms with Crippen LogP contribution in [0.15, 0.2) is 24.3 Å². The summed E-state index contributed by atoms with van der Waals surface area (Å²) in [7, 11) is -3.21. The van der Waals surface area contributed by atoms with Crippen molar-refractivity contribution in [1.29, 1.82) is 0 Å². The highest BCUT2D eigenvalue weighted by atomic mass is 32.2. The van der Waals surface area contributed by atoms with Crippen molar-refractivity contribution in [2.45, 2.75) is 0 Å². The van der Waals surface area contributed by atoms with Gasteiger partial charge < -0.3 is 5.73 Å². The Hall–Kier alpha value is -1.67. The van der Waals surface area contributed by atoms with Crippen molar-refractivity contribution in [3.63, 3.8) is 0 Å². The van der Waals surface area contributed by atoms with E-state index in [4.69, 9.17) is 5.73 Å². The van der Waals surface area contributed by atoms with E-state index in [-0.39, 0.29) is 0 Å². The van der Waals surface area contributed by atoms with Gasteiger partial charge in [-0.2, -0.15) is 0 Å². The molecule has 0 amide bonds. The number of sulfonamides is 1. The predicted octanol–water partition coefficient (Wildman–Crippen LogP) is 0.326. The van der Waals surface area contributed by atoms with Gasteiger partial charge in [0.15, 0.2) is 0 Å². The van der Waals surface area contributed by atoms with E-state index in [1.165, 1.54) is 0 Å². The van der Waals surface area contributed by atoms with Gasteiger partial charge in [-0.25, -0.2) is 8.42 Å². The fraction of sp³-hybridized carbons (Fsp3) is 0.111. The van der Waals surface area contributed by atoms with Crippen LogP contribution in [-0.2, 0) is 10.0 Å². The summed E-state index contributed by atoms with van der Waals surface area (Å²) in [6, 6.07) is 8.89. The molecule has 0 unspecified atom stereocenters. The Bertz CT molecular complexity index is 466. The number of benzene rings is 1. The number of rotatable bonds is 2. The van der Waals surface area contributed by atoms with Crippen LogP contribution in [0, 0.1) is 12.0 Å². The molecule has 0 aliphatic rings. The van der Waals surface area contributed by atoms with Gasteiger partial charge in [-0.15, -0.1) is 0 Å². The molecule has 0 saturated heterocycles. The SMILES string of the molecule is CS(=O)(=O)Nc1ccc(C#CN)cc1. The minimum atomic E-state index is -3.21. The summed E-state index contributed by atoms with van der Waals surface area (Å²) >= 11 is 0. The molecule has 0 aromatic heterocycles. The van der Waals surface area contributed by atoms with Crippen LogP contribution < -0.4 is 10.5 Å². The lowest BCUT2D eigenvalue weighted by Crippen LogP contribution is -2.09. The lowest BCUT2D eigenvalue weighted by molar-refractivity contribution is 0.607. The third-order valence-electron chi connectivity index (χ3n) is 1.40. The van der Waals surface area contributed by atoms with E-state index in [9.17, 15) is 8.42 Å². The van der Waals surface area contributed by atoms with E-state index in [1.807, 2.05) is 0 Å². The van der Waals surface area contributed by atoms with Gasteiger partial charge in [0.25, 0.3) is 0 Å². The van der Waals surface area contributed by atoms with E-state index in [2.05, 4.69) is 16.7 Å². The van der Waals surface area contributed by atoms with E-state index in [0.29, 0.717) is 5.69 Å². The van der Waals surface area contributed by atoms with Crippen molar-refractivity contribution < 1.29 is 8.42 Å². The molecule has 14 heavy (non-hydrogen) atoms. The van der Waals surface area contributed by atoms with Crippen molar-refractivity contribution >= 4 is 15.7 Å². The van der Waals surface area contributed by atoms with Crippen molar-refractivity contribution in [2.24, 2.45) is 5.73 Å². The van der Waals surface area contributed by atoms with Crippen LogP contribution in [0.2, 0.25) is 0 Å². The average molecular weight is 210 g/mol. The topological polar surface area (TPSA) is 72.2 Å². The van der Waals surface area contributed by atoms with Gasteiger partial charge in [-0.1, -0.05) is 0 Å². The fourth-order valence-electron chi connectivity index (χ4n) is 0.919. The van der Waals surface area contributed by atoms with Gasteiger partial charge in [-0.3, -0.25) is 4.72 Å². The highest BCUT2D eigenvalue weighted by molar-refractivity contribution is 7.92. The molecule has 4 nitrogen and oxygen atoms in total. The minimum absolute atomic E-state index is 0.509. The molecule has 0 aliphatic carbocycles. The molecule has 0 bridgehead atoms. The molecule has 0 saturated carbocycles. The van der Waals surface area contributed by atoms with Crippen LogP contribution in [0.25, 0.3) is 0 Å². The zero-order chi connectivity index (χ0) is 10.6. The highest BCUT2D eigenvalue weighted by Crippen LogP contribution is 2.09. The van der Waals surface area contributed by atoms with Gasteiger partial charge in [0.1, 0.15) is 0 Å². The Morgan fingerprint density at radius 3 is 2.29 bits per heavy atom. The second-order valence-electron chi connectivity index (χ2n) is 2.72. The first-order chi connectivity index (χ1) is 6.51. The fourth-order valence-corrected chi connectivity index (χ4v) is 1.48. The first-order valence-electron chi connectivity index (χ1n) is 3.81. The van der Waals surface area contributed by atoms with Crippen molar-refractivity contribution in [3.05, 3.63) is 29.8 Å². The van der Waals surface area contributed by atoms with Crippen LogP contribution in [-0.4, -0.2) is 14.7 Å². The Kier molecular flexibility index (Phi) is 2.99. The zero-order valence-corrected chi connectivity index (χ0v) is 8.43. The lowest BCUT2D eigenvalue weighted by atomic mass is 10.2. The third-order valence-corrected chi connectivity index (χ3v) is 2.01. The molecule has 1 aromatic rings. The molecule has 5 heteroatoms. The molecule has 1 aromatic carbocycles. The largest absolute Gasteiger partial charge is 0.359 e. The van der Waals surface area contributed by atoms with Gasteiger partial charge in [0.2, 0.25) is 10.0 Å². The Labute approximate surface area is 83.2 Å². The quantitative estimate of drug-likeness (QED) is 0.545. The summed E-state index contributed by atoms with van der Waals surface area (Å²) in [5, 5.41) is 0. The van der Waals surface area contributed by atoms with Crippen LogP contribution >= 0.6 is 0 Å². The Balaban J connectivity index is 2.88. The van der Waals surface area contributed by atoms with Gasteiger partial charge in [0.05, 0.1) is 6.26 Å². The summed E-state index contributed by atoms with van der Waals surface area (Å²) in [5.74, 6) is 2.65. The molecule has 3 N–H and O–H groups in total. The maximum absolute atomic E-state index is 10.9. The number of hydrogen-bond acceptors (Lipinski definition) is 3.